The molecule has 2 heterocycles. The van der Waals surface area contributed by atoms with Crippen molar-refractivity contribution in [2.45, 2.75) is 6.18 Å². The van der Waals surface area contributed by atoms with Gasteiger partial charge in [-0.15, -0.1) is 0 Å². The van der Waals surface area contributed by atoms with E-state index in [1.807, 2.05) is 0 Å². The highest BCUT2D eigenvalue weighted by molar-refractivity contribution is 5.99. The second-order valence-corrected chi connectivity index (χ2v) is 6.01. The predicted molar refractivity (Wildman–Crippen MR) is 100 cm³/mol. The number of amides is 2. The van der Waals surface area contributed by atoms with Crippen molar-refractivity contribution in [2.24, 2.45) is 0 Å². The zero-order valence-corrected chi connectivity index (χ0v) is 15.6. The third-order valence-corrected chi connectivity index (χ3v) is 3.91. The van der Waals surface area contributed by atoms with Crippen LogP contribution >= 0.6 is 0 Å². The molecule has 0 aliphatic rings. The second-order valence-electron chi connectivity index (χ2n) is 6.01. The van der Waals surface area contributed by atoms with Gasteiger partial charge in [-0.3, -0.25) is 14.6 Å². The molecule has 3 aromatic rings. The van der Waals surface area contributed by atoms with Gasteiger partial charge in [0.15, 0.2) is 11.4 Å². The van der Waals surface area contributed by atoms with Gasteiger partial charge in [-0.25, -0.2) is 4.68 Å². The Morgan fingerprint density at radius 2 is 2.00 bits per heavy atom. The number of aromatic nitrogens is 3. The average Bonchev–Trinajstić information content (AvgIpc) is 3.17. The summed E-state index contributed by atoms with van der Waals surface area (Å²) in [5.74, 6) is -1.18. The third kappa shape index (κ3) is 4.93. The van der Waals surface area contributed by atoms with E-state index in [4.69, 9.17) is 4.74 Å². The van der Waals surface area contributed by atoms with Gasteiger partial charge < -0.3 is 15.4 Å². The van der Waals surface area contributed by atoms with Crippen LogP contribution in [0.2, 0.25) is 0 Å². The Bertz CT molecular complexity index is 1050. The van der Waals surface area contributed by atoms with E-state index >= 15 is 0 Å². The lowest BCUT2D eigenvalue weighted by Crippen LogP contribution is -2.33. The van der Waals surface area contributed by atoms with Crippen LogP contribution in [0.4, 0.5) is 18.9 Å². The fourth-order valence-corrected chi connectivity index (χ4v) is 2.51. The molecule has 0 unspecified atom stereocenters. The van der Waals surface area contributed by atoms with E-state index in [9.17, 15) is 22.8 Å². The minimum Gasteiger partial charge on any atom is -0.493 e. The molecule has 8 nitrogen and oxygen atoms in total. The number of hydrogen-bond donors (Lipinski definition) is 2. The molecule has 2 amide bonds. The Hall–Kier alpha value is -3.89. The number of nitrogens with one attached hydrogen (secondary N) is 2. The van der Waals surface area contributed by atoms with Crippen molar-refractivity contribution >= 4 is 17.5 Å². The first-order chi connectivity index (χ1) is 14.3. The SMILES string of the molecule is COc1cn(-c2cccc(C(F)(F)F)c2)nc1C(=O)NCC(=O)Nc1cccnc1. The molecule has 0 aliphatic carbocycles. The van der Waals surface area contributed by atoms with Gasteiger partial charge in [0, 0.05) is 6.20 Å². The summed E-state index contributed by atoms with van der Waals surface area (Å²) in [6.45, 7) is -0.354. The van der Waals surface area contributed by atoms with Crippen molar-refractivity contribution in [3.8, 4) is 11.4 Å². The highest BCUT2D eigenvalue weighted by Crippen LogP contribution is 2.30. The smallest absolute Gasteiger partial charge is 0.416 e. The number of carbonyl (C=O) groups is 2. The molecule has 0 radical (unpaired) electrons. The molecule has 0 aliphatic heterocycles. The predicted octanol–water partition coefficient (Wildman–Crippen LogP) is 2.66. The van der Waals surface area contributed by atoms with E-state index in [0.717, 1.165) is 16.8 Å². The quantitative estimate of drug-likeness (QED) is 0.640. The number of benzene rings is 1. The average molecular weight is 419 g/mol. The van der Waals surface area contributed by atoms with E-state index in [2.05, 4.69) is 20.7 Å². The molecule has 1 aromatic carbocycles. The van der Waals surface area contributed by atoms with Crippen LogP contribution in [0.3, 0.4) is 0 Å². The molecule has 30 heavy (non-hydrogen) atoms. The Morgan fingerprint density at radius 1 is 1.20 bits per heavy atom. The lowest BCUT2D eigenvalue weighted by molar-refractivity contribution is -0.137. The van der Waals surface area contributed by atoms with Crippen LogP contribution in [0.5, 0.6) is 5.75 Å². The summed E-state index contributed by atoms with van der Waals surface area (Å²) < 4.78 is 45.0. The van der Waals surface area contributed by atoms with Crippen LogP contribution in [0.15, 0.2) is 55.0 Å². The molecule has 2 N–H and O–H groups in total. The number of alkyl halides is 3. The van der Waals surface area contributed by atoms with Crippen molar-refractivity contribution in [3.63, 3.8) is 0 Å². The number of anilines is 1. The summed E-state index contributed by atoms with van der Waals surface area (Å²) in [6.07, 6.45) is -0.251. The number of methoxy groups -OCH3 is 1. The maximum atomic E-state index is 12.9. The summed E-state index contributed by atoms with van der Waals surface area (Å²) in [5.41, 5.74) is -0.476. The fourth-order valence-electron chi connectivity index (χ4n) is 2.51. The van der Waals surface area contributed by atoms with Gasteiger partial charge in [-0.1, -0.05) is 6.07 Å². The standard InChI is InChI=1S/C19H16F3N5O3/c1-30-15-11-27(14-6-2-4-12(8-14)19(20,21)22)26-17(15)18(29)24-10-16(28)25-13-5-3-7-23-9-13/h2-9,11H,10H2,1H3,(H,24,29)(H,25,28). The summed E-state index contributed by atoms with van der Waals surface area (Å²) >= 11 is 0. The first kappa shape index (κ1) is 20.8. The molecule has 0 bridgehead atoms. The van der Waals surface area contributed by atoms with Crippen molar-refractivity contribution in [3.05, 3.63) is 66.2 Å². The van der Waals surface area contributed by atoms with Crippen molar-refractivity contribution in [1.82, 2.24) is 20.1 Å². The van der Waals surface area contributed by atoms with E-state index in [1.165, 1.54) is 31.6 Å². The molecule has 0 fully saturated rings. The number of nitrogens with zero attached hydrogens (tertiary/aromatic N) is 3. The lowest BCUT2D eigenvalue weighted by Gasteiger charge is -2.08. The van der Waals surface area contributed by atoms with Crippen LogP contribution in [-0.2, 0) is 11.0 Å². The second kappa shape index (κ2) is 8.64. The maximum absolute atomic E-state index is 12.9. The first-order valence-corrected chi connectivity index (χ1v) is 8.57. The van der Waals surface area contributed by atoms with E-state index < -0.39 is 23.6 Å². The van der Waals surface area contributed by atoms with Crippen LogP contribution in [-0.4, -0.2) is 40.2 Å². The van der Waals surface area contributed by atoms with Crippen LogP contribution in [0.25, 0.3) is 5.69 Å². The molecule has 0 atom stereocenters. The molecule has 0 saturated heterocycles. The zero-order chi connectivity index (χ0) is 21.7. The van der Waals surface area contributed by atoms with Gasteiger partial charge in [0.05, 0.1) is 43.0 Å². The summed E-state index contributed by atoms with van der Waals surface area (Å²) in [6, 6.07) is 7.74. The molecule has 2 aromatic heterocycles. The Labute approximate surface area is 168 Å². The van der Waals surface area contributed by atoms with Crippen molar-refractivity contribution in [2.75, 3.05) is 19.0 Å². The van der Waals surface area contributed by atoms with Crippen LogP contribution < -0.4 is 15.4 Å². The molecule has 0 spiro atoms. The number of halogens is 3. The summed E-state index contributed by atoms with van der Waals surface area (Å²) in [4.78, 5) is 28.2. The highest BCUT2D eigenvalue weighted by atomic mass is 19.4. The van der Waals surface area contributed by atoms with Gasteiger partial charge in [-0.2, -0.15) is 18.3 Å². The normalized spacial score (nSPS) is 11.1. The Morgan fingerprint density at radius 3 is 2.67 bits per heavy atom. The minimum absolute atomic E-state index is 0.0394. The maximum Gasteiger partial charge on any atom is 0.416 e. The monoisotopic (exact) mass is 419 g/mol. The van der Waals surface area contributed by atoms with Crippen molar-refractivity contribution in [1.29, 1.82) is 0 Å². The van der Waals surface area contributed by atoms with Crippen molar-refractivity contribution < 1.29 is 27.5 Å². The molecular weight excluding hydrogens is 403 g/mol. The first-order valence-electron chi connectivity index (χ1n) is 8.57. The molecule has 156 valence electrons. The zero-order valence-electron chi connectivity index (χ0n) is 15.6. The molecular formula is C19H16F3N5O3. The summed E-state index contributed by atoms with van der Waals surface area (Å²) in [5, 5.41) is 8.94. The molecule has 0 saturated carbocycles. The lowest BCUT2D eigenvalue weighted by atomic mass is 10.2. The van der Waals surface area contributed by atoms with Gasteiger partial charge >= 0.3 is 6.18 Å². The topological polar surface area (TPSA) is 98.1 Å². The number of ether oxygens (including phenoxy) is 1. The minimum atomic E-state index is -4.52. The number of rotatable bonds is 6. The largest absolute Gasteiger partial charge is 0.493 e. The molecule has 3 rings (SSSR count). The molecule has 11 heteroatoms. The van der Waals surface area contributed by atoms with E-state index in [0.29, 0.717) is 5.69 Å². The Kier molecular flexibility index (Phi) is 6.00. The van der Waals surface area contributed by atoms with Gasteiger partial charge in [0.25, 0.3) is 5.91 Å². The van der Waals surface area contributed by atoms with Crippen LogP contribution in [0.1, 0.15) is 16.1 Å². The summed E-state index contributed by atoms with van der Waals surface area (Å²) in [7, 11) is 1.29. The van der Waals surface area contributed by atoms with Gasteiger partial charge in [0.1, 0.15) is 0 Å². The van der Waals surface area contributed by atoms with Crippen LogP contribution in [0, 0.1) is 0 Å². The number of carbonyl (C=O) groups excluding carboxylic acids is 2. The van der Waals surface area contributed by atoms with E-state index in [-0.39, 0.29) is 23.7 Å². The van der Waals surface area contributed by atoms with Gasteiger partial charge in [-0.05, 0) is 30.3 Å². The fraction of sp³-hybridized carbons (Fsp3) is 0.158. The number of hydrogen-bond acceptors (Lipinski definition) is 5. The third-order valence-electron chi connectivity index (χ3n) is 3.91. The van der Waals surface area contributed by atoms with E-state index in [1.54, 1.807) is 18.3 Å². The Balaban J connectivity index is 1.73. The van der Waals surface area contributed by atoms with Gasteiger partial charge in [0.2, 0.25) is 5.91 Å². The highest BCUT2D eigenvalue weighted by Gasteiger charge is 2.30. The number of pyridine rings is 1.